The Morgan fingerprint density at radius 1 is 1.33 bits per heavy atom. The van der Waals surface area contributed by atoms with Crippen LogP contribution in [0.15, 0.2) is 0 Å². The summed E-state index contributed by atoms with van der Waals surface area (Å²) in [5, 5.41) is 2.63. The zero-order chi connectivity index (χ0) is 11.7. The van der Waals surface area contributed by atoms with Crippen molar-refractivity contribution in [2.24, 2.45) is 0 Å². The number of hydrogen-bond donors (Lipinski definition) is 1. The molecule has 15 heavy (non-hydrogen) atoms. The van der Waals surface area contributed by atoms with Crippen LogP contribution in [0, 0.1) is 0 Å². The smallest absolute Gasteiger partial charge is 0.408 e. The predicted octanol–water partition coefficient (Wildman–Crippen LogP) is 1.86. The number of carbonyl (C=O) groups excluding carboxylic acids is 1. The molecule has 0 aromatic heterocycles. The van der Waals surface area contributed by atoms with Crippen molar-refractivity contribution in [1.29, 1.82) is 0 Å². The maximum Gasteiger partial charge on any atom is 0.408 e. The maximum absolute atomic E-state index is 11.1. The van der Waals surface area contributed by atoms with Gasteiger partial charge in [0.2, 0.25) is 0 Å². The third kappa shape index (κ3) is 8.78. The summed E-state index contributed by atoms with van der Waals surface area (Å²) in [6.07, 6.45) is -0.529. The molecule has 90 valence electrons. The van der Waals surface area contributed by atoms with Crippen molar-refractivity contribution in [3.05, 3.63) is 0 Å². The van der Waals surface area contributed by atoms with E-state index in [2.05, 4.69) is 5.32 Å². The van der Waals surface area contributed by atoms with E-state index in [1.165, 1.54) is 0 Å². The van der Waals surface area contributed by atoms with E-state index >= 15 is 0 Å². The van der Waals surface area contributed by atoms with Crippen LogP contribution in [0.5, 0.6) is 0 Å². The van der Waals surface area contributed by atoms with Crippen molar-refractivity contribution in [2.75, 3.05) is 31.5 Å². The first-order chi connectivity index (χ1) is 7.10. The van der Waals surface area contributed by atoms with Gasteiger partial charge in [0.25, 0.3) is 0 Å². The van der Waals surface area contributed by atoms with Gasteiger partial charge in [-0.15, -0.1) is 23.2 Å². The first-order valence-electron chi connectivity index (χ1n) is 4.89. The minimum atomic E-state index is -0.417. The molecule has 0 aliphatic carbocycles. The van der Waals surface area contributed by atoms with Crippen LogP contribution in [0.2, 0.25) is 0 Å². The van der Waals surface area contributed by atoms with Gasteiger partial charge in [-0.25, -0.2) is 4.79 Å². The Morgan fingerprint density at radius 3 is 2.27 bits per heavy atom. The largest absolute Gasteiger partial charge is 0.447 e. The second-order valence-corrected chi connectivity index (χ2v) is 4.04. The third-order valence-corrected chi connectivity index (χ3v) is 1.93. The fraction of sp³-hybridized carbons (Fsp3) is 0.889. The minimum Gasteiger partial charge on any atom is -0.447 e. The van der Waals surface area contributed by atoms with E-state index in [9.17, 15) is 4.79 Å². The number of hydrogen-bond acceptors (Lipinski definition) is 3. The SMILES string of the molecule is CC(C)OC(=O)NCN(CCCl)CCCl. The van der Waals surface area contributed by atoms with Crippen molar-refractivity contribution in [1.82, 2.24) is 10.2 Å². The fourth-order valence-corrected chi connectivity index (χ4v) is 1.42. The number of carbonyl (C=O) groups is 1. The summed E-state index contributed by atoms with van der Waals surface area (Å²) in [7, 11) is 0. The molecule has 0 saturated carbocycles. The maximum atomic E-state index is 11.1. The predicted molar refractivity (Wildman–Crippen MR) is 62.6 cm³/mol. The van der Waals surface area contributed by atoms with Gasteiger partial charge in [0.1, 0.15) is 0 Å². The van der Waals surface area contributed by atoms with Gasteiger partial charge >= 0.3 is 6.09 Å². The Balaban J connectivity index is 3.72. The van der Waals surface area contributed by atoms with Crippen LogP contribution in [0.4, 0.5) is 4.79 Å². The van der Waals surface area contributed by atoms with Crippen molar-refractivity contribution < 1.29 is 9.53 Å². The van der Waals surface area contributed by atoms with Crippen molar-refractivity contribution in [3.8, 4) is 0 Å². The molecular formula is C9H18Cl2N2O2. The highest BCUT2D eigenvalue weighted by atomic mass is 35.5. The number of rotatable bonds is 7. The second kappa shape index (κ2) is 9.07. The van der Waals surface area contributed by atoms with E-state index in [0.717, 1.165) is 0 Å². The lowest BCUT2D eigenvalue weighted by molar-refractivity contribution is 0.109. The number of amides is 1. The monoisotopic (exact) mass is 256 g/mol. The lowest BCUT2D eigenvalue weighted by Gasteiger charge is -2.20. The van der Waals surface area contributed by atoms with Gasteiger partial charge in [0.15, 0.2) is 0 Å². The van der Waals surface area contributed by atoms with Crippen LogP contribution in [0.25, 0.3) is 0 Å². The van der Waals surface area contributed by atoms with Gasteiger partial charge in [0, 0.05) is 24.8 Å². The number of alkyl carbamates (subject to hydrolysis) is 1. The molecule has 0 aromatic rings. The summed E-state index contributed by atoms with van der Waals surface area (Å²) < 4.78 is 4.91. The molecule has 1 amide bonds. The summed E-state index contributed by atoms with van der Waals surface area (Å²) in [6.45, 7) is 5.39. The average molecular weight is 257 g/mol. The highest BCUT2D eigenvalue weighted by Gasteiger charge is 2.07. The van der Waals surface area contributed by atoms with E-state index < -0.39 is 6.09 Å². The molecule has 0 radical (unpaired) electrons. The molecule has 0 fully saturated rings. The quantitative estimate of drug-likeness (QED) is 0.559. The Kier molecular flexibility index (Phi) is 8.95. The van der Waals surface area contributed by atoms with E-state index in [1.54, 1.807) is 13.8 Å². The molecule has 4 nitrogen and oxygen atoms in total. The molecule has 0 saturated heterocycles. The normalized spacial score (nSPS) is 10.8. The summed E-state index contributed by atoms with van der Waals surface area (Å²) in [5.41, 5.74) is 0. The van der Waals surface area contributed by atoms with Gasteiger partial charge in [-0.3, -0.25) is 4.90 Å². The van der Waals surface area contributed by atoms with Crippen LogP contribution in [0.1, 0.15) is 13.8 Å². The van der Waals surface area contributed by atoms with Crippen LogP contribution < -0.4 is 5.32 Å². The average Bonchev–Trinajstić information content (AvgIpc) is 2.14. The number of nitrogens with one attached hydrogen (secondary N) is 1. The Hall–Kier alpha value is -0.190. The van der Waals surface area contributed by atoms with Gasteiger partial charge in [-0.05, 0) is 13.8 Å². The second-order valence-electron chi connectivity index (χ2n) is 3.28. The van der Waals surface area contributed by atoms with Crippen molar-refractivity contribution in [2.45, 2.75) is 20.0 Å². The first kappa shape index (κ1) is 14.8. The Morgan fingerprint density at radius 2 is 1.87 bits per heavy atom. The molecule has 6 heteroatoms. The molecular weight excluding hydrogens is 239 g/mol. The fourth-order valence-electron chi connectivity index (χ4n) is 0.941. The molecule has 1 N–H and O–H groups in total. The van der Waals surface area contributed by atoms with Crippen molar-refractivity contribution in [3.63, 3.8) is 0 Å². The zero-order valence-electron chi connectivity index (χ0n) is 9.13. The van der Waals surface area contributed by atoms with Crippen LogP contribution >= 0.6 is 23.2 Å². The highest BCUT2D eigenvalue weighted by Crippen LogP contribution is 1.92. The number of nitrogens with zero attached hydrogens (tertiary/aromatic N) is 1. The molecule has 0 aliphatic rings. The topological polar surface area (TPSA) is 41.6 Å². The van der Waals surface area contributed by atoms with Crippen molar-refractivity contribution >= 4 is 29.3 Å². The van der Waals surface area contributed by atoms with E-state index in [4.69, 9.17) is 27.9 Å². The van der Waals surface area contributed by atoms with E-state index in [-0.39, 0.29) is 6.10 Å². The molecule has 0 rings (SSSR count). The Bertz CT molecular complexity index is 173. The lowest BCUT2D eigenvalue weighted by atomic mass is 10.5. The number of halogens is 2. The standard InChI is InChI=1S/C9H18Cl2N2O2/c1-8(2)15-9(14)12-7-13(5-3-10)6-4-11/h8H,3-7H2,1-2H3,(H,12,14). The lowest BCUT2D eigenvalue weighted by Crippen LogP contribution is -2.40. The molecule has 0 atom stereocenters. The summed E-state index contributed by atoms with van der Waals surface area (Å²) in [5.74, 6) is 1.02. The van der Waals surface area contributed by atoms with Gasteiger partial charge in [-0.2, -0.15) is 0 Å². The van der Waals surface area contributed by atoms with Crippen LogP contribution in [0.3, 0.4) is 0 Å². The van der Waals surface area contributed by atoms with Crippen LogP contribution in [-0.4, -0.2) is 48.6 Å². The number of ether oxygens (including phenoxy) is 1. The summed E-state index contributed by atoms with van der Waals surface area (Å²) in [4.78, 5) is 13.1. The first-order valence-corrected chi connectivity index (χ1v) is 5.95. The number of alkyl halides is 2. The zero-order valence-corrected chi connectivity index (χ0v) is 10.6. The van der Waals surface area contributed by atoms with Gasteiger partial charge in [-0.1, -0.05) is 0 Å². The molecule has 0 bridgehead atoms. The highest BCUT2D eigenvalue weighted by molar-refractivity contribution is 6.18. The molecule has 0 unspecified atom stereocenters. The van der Waals surface area contributed by atoms with Crippen LogP contribution in [-0.2, 0) is 4.74 Å². The van der Waals surface area contributed by atoms with E-state index in [1.807, 2.05) is 4.90 Å². The molecule has 0 heterocycles. The third-order valence-electron chi connectivity index (χ3n) is 1.59. The molecule has 0 aromatic carbocycles. The summed E-state index contributed by atoms with van der Waals surface area (Å²) >= 11 is 11.2. The Labute approximate surface area is 101 Å². The minimum absolute atomic E-state index is 0.112. The van der Waals surface area contributed by atoms with E-state index in [0.29, 0.717) is 31.5 Å². The van der Waals surface area contributed by atoms with Gasteiger partial charge < -0.3 is 10.1 Å². The molecule has 0 spiro atoms. The van der Waals surface area contributed by atoms with Gasteiger partial charge in [0.05, 0.1) is 12.8 Å². The molecule has 0 aliphatic heterocycles. The summed E-state index contributed by atoms with van der Waals surface area (Å²) in [6, 6.07) is 0.